The summed E-state index contributed by atoms with van der Waals surface area (Å²) in [6.45, 7) is 9.18. The molecule has 20 heavy (non-hydrogen) atoms. The minimum Gasteiger partial charge on any atom is -0.409 e. The van der Waals surface area contributed by atoms with E-state index in [2.05, 4.69) is 42.5 Å². The van der Waals surface area contributed by atoms with Gasteiger partial charge in [-0.1, -0.05) is 31.5 Å². The van der Waals surface area contributed by atoms with Gasteiger partial charge in [-0.25, -0.2) is 0 Å². The maximum atomic E-state index is 8.72. The summed E-state index contributed by atoms with van der Waals surface area (Å²) in [6, 6.07) is 6.43. The number of nitrogens with zero attached hydrogens (tertiary/aromatic N) is 1. The highest BCUT2D eigenvalue weighted by atomic mass is 16.4. The van der Waals surface area contributed by atoms with E-state index in [9.17, 15) is 0 Å². The zero-order valence-electron chi connectivity index (χ0n) is 13.0. The van der Waals surface area contributed by atoms with Gasteiger partial charge >= 0.3 is 0 Å². The quantitative estimate of drug-likeness (QED) is 0.234. The van der Waals surface area contributed by atoms with Crippen LogP contribution in [-0.2, 0) is 0 Å². The van der Waals surface area contributed by atoms with Crippen LogP contribution in [0.4, 0.5) is 5.69 Å². The molecule has 0 fully saturated rings. The van der Waals surface area contributed by atoms with Gasteiger partial charge in [0, 0.05) is 17.6 Å². The lowest BCUT2D eigenvalue weighted by molar-refractivity contribution is 0.304. The van der Waals surface area contributed by atoms with Crippen molar-refractivity contribution in [3.63, 3.8) is 0 Å². The Kier molecular flexibility index (Phi) is 5.86. The van der Waals surface area contributed by atoms with E-state index in [0.717, 1.165) is 25.8 Å². The molecule has 0 aliphatic carbocycles. The van der Waals surface area contributed by atoms with Crippen molar-refractivity contribution in [1.82, 2.24) is 0 Å². The van der Waals surface area contributed by atoms with E-state index in [0.29, 0.717) is 5.84 Å². The molecule has 0 heterocycles. The highest BCUT2D eigenvalue weighted by Gasteiger charge is 2.22. The van der Waals surface area contributed by atoms with Crippen LogP contribution >= 0.6 is 0 Å². The van der Waals surface area contributed by atoms with Crippen LogP contribution in [0, 0.1) is 19.3 Å². The topological polar surface area (TPSA) is 70.6 Å². The second-order valence-corrected chi connectivity index (χ2v) is 6.05. The molecule has 0 atom stereocenters. The van der Waals surface area contributed by atoms with Crippen LogP contribution in [0.1, 0.15) is 44.2 Å². The van der Waals surface area contributed by atoms with Crippen molar-refractivity contribution in [3.05, 3.63) is 29.3 Å². The number of anilines is 1. The lowest BCUT2D eigenvalue weighted by Gasteiger charge is -2.22. The predicted molar refractivity (Wildman–Crippen MR) is 85.4 cm³/mol. The number of amidine groups is 1. The van der Waals surface area contributed by atoms with Gasteiger partial charge < -0.3 is 16.3 Å². The molecule has 0 amide bonds. The third kappa shape index (κ3) is 4.76. The van der Waals surface area contributed by atoms with E-state index in [1.54, 1.807) is 0 Å². The fourth-order valence-electron chi connectivity index (χ4n) is 2.04. The Morgan fingerprint density at radius 3 is 2.55 bits per heavy atom. The maximum absolute atomic E-state index is 8.72. The largest absolute Gasteiger partial charge is 0.409 e. The minimum absolute atomic E-state index is 0.241. The third-order valence-corrected chi connectivity index (χ3v) is 3.87. The average molecular weight is 277 g/mol. The molecule has 4 N–H and O–H groups in total. The zero-order chi connectivity index (χ0) is 15.2. The van der Waals surface area contributed by atoms with E-state index in [1.165, 1.54) is 16.8 Å². The standard InChI is InChI=1S/C16H27N3O/c1-12-7-8-14(11-13(12)2)18-10-6-5-9-16(3,4)15(17)19-20/h7-8,11,18,20H,5-6,9-10H2,1-4H3,(H2,17,19). The Bertz CT molecular complexity index is 467. The van der Waals surface area contributed by atoms with Gasteiger partial charge in [0.05, 0.1) is 0 Å². The fourth-order valence-corrected chi connectivity index (χ4v) is 2.04. The van der Waals surface area contributed by atoms with Crippen LogP contribution in [0.3, 0.4) is 0 Å². The second kappa shape index (κ2) is 7.17. The van der Waals surface area contributed by atoms with Crippen molar-refractivity contribution < 1.29 is 5.21 Å². The molecular formula is C16H27N3O. The summed E-state index contributed by atoms with van der Waals surface area (Å²) < 4.78 is 0. The first-order valence-electron chi connectivity index (χ1n) is 7.16. The fraction of sp³-hybridized carbons (Fsp3) is 0.562. The van der Waals surface area contributed by atoms with Gasteiger partial charge in [-0.3, -0.25) is 0 Å². The summed E-state index contributed by atoms with van der Waals surface area (Å²) in [4.78, 5) is 0. The SMILES string of the molecule is Cc1ccc(NCCCCC(C)(C)/C(N)=N/O)cc1C. The predicted octanol–water partition coefficient (Wildman–Crippen LogP) is 3.66. The molecule has 0 aromatic heterocycles. The van der Waals surface area contributed by atoms with E-state index in [1.807, 2.05) is 13.8 Å². The Morgan fingerprint density at radius 2 is 1.95 bits per heavy atom. The van der Waals surface area contributed by atoms with Gasteiger partial charge in [0.2, 0.25) is 0 Å². The summed E-state index contributed by atoms with van der Waals surface area (Å²) in [6.07, 6.45) is 3.02. The molecule has 0 spiro atoms. The zero-order valence-corrected chi connectivity index (χ0v) is 13.0. The second-order valence-electron chi connectivity index (χ2n) is 6.05. The highest BCUT2D eigenvalue weighted by molar-refractivity contribution is 5.85. The molecular weight excluding hydrogens is 250 g/mol. The number of aryl methyl sites for hydroxylation is 2. The molecule has 0 saturated heterocycles. The van der Waals surface area contributed by atoms with E-state index in [-0.39, 0.29) is 5.41 Å². The Labute approximate surface area is 122 Å². The summed E-state index contributed by atoms with van der Waals surface area (Å²) >= 11 is 0. The van der Waals surface area contributed by atoms with Crippen LogP contribution in [0.25, 0.3) is 0 Å². The van der Waals surface area contributed by atoms with E-state index in [4.69, 9.17) is 10.9 Å². The Balaban J connectivity index is 2.30. The highest BCUT2D eigenvalue weighted by Crippen LogP contribution is 2.23. The number of nitrogens with one attached hydrogen (secondary N) is 1. The monoisotopic (exact) mass is 277 g/mol. The molecule has 1 rings (SSSR count). The number of hydrogen-bond acceptors (Lipinski definition) is 3. The average Bonchev–Trinajstić information content (AvgIpc) is 2.41. The molecule has 0 aliphatic heterocycles. The normalized spacial score (nSPS) is 12.5. The molecule has 1 aromatic rings. The maximum Gasteiger partial charge on any atom is 0.144 e. The van der Waals surface area contributed by atoms with Crippen LogP contribution in [0.5, 0.6) is 0 Å². The van der Waals surface area contributed by atoms with Crippen LogP contribution in [0.2, 0.25) is 0 Å². The van der Waals surface area contributed by atoms with Crippen LogP contribution in [0.15, 0.2) is 23.4 Å². The number of hydrogen-bond donors (Lipinski definition) is 3. The van der Waals surface area contributed by atoms with Crippen molar-refractivity contribution >= 4 is 11.5 Å². The first kappa shape index (κ1) is 16.3. The summed E-state index contributed by atoms with van der Waals surface area (Å²) in [5.41, 5.74) is 9.23. The van der Waals surface area contributed by atoms with Crippen molar-refractivity contribution in [3.8, 4) is 0 Å². The molecule has 0 radical (unpaired) electrons. The Morgan fingerprint density at radius 1 is 1.25 bits per heavy atom. The molecule has 0 aliphatic rings. The number of rotatable bonds is 7. The van der Waals surface area contributed by atoms with Gasteiger partial charge in [0.25, 0.3) is 0 Å². The van der Waals surface area contributed by atoms with Gasteiger partial charge in [0.15, 0.2) is 0 Å². The summed E-state index contributed by atoms with van der Waals surface area (Å²) in [5, 5.41) is 15.3. The molecule has 0 bridgehead atoms. The summed E-state index contributed by atoms with van der Waals surface area (Å²) in [7, 11) is 0. The first-order chi connectivity index (χ1) is 9.36. The van der Waals surface area contributed by atoms with Crippen molar-refractivity contribution in [1.29, 1.82) is 0 Å². The molecule has 0 saturated carbocycles. The van der Waals surface area contributed by atoms with Gasteiger partial charge in [-0.15, -0.1) is 0 Å². The van der Waals surface area contributed by atoms with Crippen LogP contribution < -0.4 is 11.1 Å². The smallest absolute Gasteiger partial charge is 0.144 e. The van der Waals surface area contributed by atoms with Crippen LogP contribution in [-0.4, -0.2) is 17.6 Å². The molecule has 4 heteroatoms. The third-order valence-electron chi connectivity index (χ3n) is 3.87. The van der Waals surface area contributed by atoms with E-state index < -0.39 is 0 Å². The number of unbranched alkanes of at least 4 members (excludes halogenated alkanes) is 1. The van der Waals surface area contributed by atoms with Gasteiger partial charge in [-0.2, -0.15) is 0 Å². The van der Waals surface area contributed by atoms with Gasteiger partial charge in [-0.05, 0) is 49.9 Å². The number of benzene rings is 1. The first-order valence-corrected chi connectivity index (χ1v) is 7.16. The molecule has 112 valence electrons. The minimum atomic E-state index is -0.241. The summed E-state index contributed by atoms with van der Waals surface area (Å²) in [5.74, 6) is 0.305. The number of nitrogens with two attached hydrogens (primary N) is 1. The van der Waals surface area contributed by atoms with E-state index >= 15 is 0 Å². The molecule has 4 nitrogen and oxygen atoms in total. The molecule has 0 unspecified atom stereocenters. The van der Waals surface area contributed by atoms with Crippen molar-refractivity contribution in [2.24, 2.45) is 16.3 Å². The molecule has 1 aromatic carbocycles. The lowest BCUT2D eigenvalue weighted by Crippen LogP contribution is -2.31. The van der Waals surface area contributed by atoms with Crippen molar-refractivity contribution in [2.45, 2.75) is 47.0 Å². The Hall–Kier alpha value is -1.71. The van der Waals surface area contributed by atoms with Gasteiger partial charge in [0.1, 0.15) is 5.84 Å². The van der Waals surface area contributed by atoms with Crippen molar-refractivity contribution in [2.75, 3.05) is 11.9 Å². The number of oxime groups is 1. The lowest BCUT2D eigenvalue weighted by atomic mass is 9.86.